The third kappa shape index (κ3) is 5.94. The number of nitrogens with two attached hydrogens (primary N) is 1. The predicted octanol–water partition coefficient (Wildman–Crippen LogP) is 4.44. The number of ether oxygens (including phenoxy) is 3. The Morgan fingerprint density at radius 2 is 1.63 bits per heavy atom. The molecule has 1 saturated heterocycles. The zero-order chi connectivity index (χ0) is 31.5. The van der Waals surface area contributed by atoms with Gasteiger partial charge in [-0.25, -0.2) is 4.39 Å². The summed E-state index contributed by atoms with van der Waals surface area (Å²) in [5, 5.41) is 34.3. The zero-order valence-corrected chi connectivity index (χ0v) is 25.3. The molecule has 5 N–H and O–H groups in total. The van der Waals surface area contributed by atoms with E-state index in [0.717, 1.165) is 5.56 Å². The number of phenols is 2. The number of fused-ring (bicyclic) bond motifs is 3. The molecule has 1 aliphatic heterocycles. The molecule has 1 fully saturated rings. The topological polar surface area (TPSA) is 166 Å². The van der Waals surface area contributed by atoms with Crippen molar-refractivity contribution < 1.29 is 48.3 Å². The highest BCUT2D eigenvalue weighted by Crippen LogP contribution is 2.52. The minimum absolute atomic E-state index is 0. The number of aromatic hydroxyl groups is 2. The molecule has 3 aliphatic rings. The third-order valence-electron chi connectivity index (χ3n) is 8.82. The molecule has 0 saturated carbocycles. The molecule has 4 unspecified atom stereocenters. The Kier molecular flexibility index (Phi) is 10.1. The molecule has 3 aromatic carbocycles. The number of phenolic OH excluding ortho intramolecular Hbond substituents is 2. The highest BCUT2D eigenvalue weighted by atomic mass is 35.5. The number of carbonyl (C=O) groups is 3. The first kappa shape index (κ1) is 35.1. The molecule has 0 amide bonds. The van der Waals surface area contributed by atoms with Gasteiger partial charge in [-0.2, -0.15) is 0 Å². The monoisotopic (exact) mass is 657 g/mol. The van der Waals surface area contributed by atoms with Crippen LogP contribution in [0.25, 0.3) is 0 Å². The second kappa shape index (κ2) is 13.2. The standard InChI is InChI=1S/C33H32FNO9.CH4.ClH/c1-15-32(42-14-17-7-9-18(34)10-8-17)22(35)11-24(43-15)44-23-13-33(41,16(2)36)12-21-25(23)31(40)27-26(30(21)39)28(37)19-5-3-4-6-20(19)29(27)38;;/h3-10,15,22-24,32,39-41H,11-14,35H2,1-2H3;1H4;1H/t15?,22?,23-,24?,32?,33+;;/m1../s1. The number of aliphatic hydroxyl groups is 1. The molecule has 1 heterocycles. The summed E-state index contributed by atoms with van der Waals surface area (Å²) in [6.07, 6.45) is -3.90. The van der Waals surface area contributed by atoms with Crippen molar-refractivity contribution in [2.75, 3.05) is 0 Å². The van der Waals surface area contributed by atoms with Crippen LogP contribution in [0.3, 0.4) is 0 Å². The van der Waals surface area contributed by atoms with Crippen molar-refractivity contribution in [3.63, 3.8) is 0 Å². The van der Waals surface area contributed by atoms with Crippen molar-refractivity contribution in [1.29, 1.82) is 0 Å². The fraction of sp³-hybridized carbons (Fsp3) is 0.382. The second-order valence-electron chi connectivity index (χ2n) is 11.7. The number of carbonyl (C=O) groups excluding carboxylic acids is 3. The number of hydrogen-bond donors (Lipinski definition) is 4. The lowest BCUT2D eigenvalue weighted by Crippen LogP contribution is -2.53. The number of ketones is 3. The number of halogens is 2. The summed E-state index contributed by atoms with van der Waals surface area (Å²) in [5.41, 5.74) is 4.53. The minimum atomic E-state index is -2.00. The van der Waals surface area contributed by atoms with E-state index in [1.807, 2.05) is 0 Å². The van der Waals surface area contributed by atoms with Gasteiger partial charge in [-0.15, -0.1) is 12.4 Å². The Morgan fingerprint density at radius 1 is 1.04 bits per heavy atom. The summed E-state index contributed by atoms with van der Waals surface area (Å²) in [7, 11) is 0. The largest absolute Gasteiger partial charge is 0.507 e. The summed E-state index contributed by atoms with van der Waals surface area (Å²) in [6, 6.07) is 11.4. The van der Waals surface area contributed by atoms with Gasteiger partial charge in [-0.3, -0.25) is 14.4 Å². The number of hydrogen-bond acceptors (Lipinski definition) is 10. The maximum Gasteiger partial charge on any atom is 0.198 e. The normalized spacial score (nSPS) is 26.6. The molecular formula is C34H37ClFNO9. The molecule has 0 aromatic heterocycles. The van der Waals surface area contributed by atoms with Gasteiger partial charge in [0.05, 0.1) is 36.0 Å². The molecule has 3 aromatic rings. The highest BCUT2D eigenvalue weighted by molar-refractivity contribution is 6.30. The van der Waals surface area contributed by atoms with Crippen LogP contribution in [0.2, 0.25) is 0 Å². The first-order chi connectivity index (χ1) is 20.9. The lowest BCUT2D eigenvalue weighted by Gasteiger charge is -2.43. The van der Waals surface area contributed by atoms with Crippen molar-refractivity contribution >= 4 is 29.8 Å². The Morgan fingerprint density at radius 3 is 2.20 bits per heavy atom. The average Bonchev–Trinajstić information content (AvgIpc) is 2.98. The Hall–Kier alpha value is -3.71. The van der Waals surface area contributed by atoms with Gasteiger partial charge in [0.15, 0.2) is 23.6 Å². The van der Waals surface area contributed by atoms with E-state index >= 15 is 0 Å². The van der Waals surface area contributed by atoms with Crippen molar-refractivity contribution in [3.05, 3.63) is 93.3 Å². The SMILES string of the molecule is C.CC(=O)[C@]1(O)Cc2c(O)c3c(c(O)c2[C@H](OC2CC(N)C(OCc4ccc(F)cc4)C(C)O2)C1)C(=O)c1ccccc1C3=O.Cl. The number of benzene rings is 3. The summed E-state index contributed by atoms with van der Waals surface area (Å²) >= 11 is 0. The van der Waals surface area contributed by atoms with Gasteiger partial charge in [0.2, 0.25) is 0 Å². The van der Waals surface area contributed by atoms with Crippen molar-refractivity contribution in [3.8, 4) is 11.5 Å². The van der Waals surface area contributed by atoms with E-state index in [4.69, 9.17) is 19.9 Å². The summed E-state index contributed by atoms with van der Waals surface area (Å²) in [5.74, 6) is -3.45. The molecule has 6 atom stereocenters. The summed E-state index contributed by atoms with van der Waals surface area (Å²) < 4.78 is 31.6. The minimum Gasteiger partial charge on any atom is -0.507 e. The lowest BCUT2D eigenvalue weighted by atomic mass is 9.72. The van der Waals surface area contributed by atoms with E-state index in [1.165, 1.54) is 31.2 Å². The maximum absolute atomic E-state index is 13.5. The average molecular weight is 658 g/mol. The zero-order valence-electron chi connectivity index (χ0n) is 24.5. The van der Waals surface area contributed by atoms with Crippen LogP contribution in [0, 0.1) is 5.82 Å². The van der Waals surface area contributed by atoms with Crippen LogP contribution in [0.4, 0.5) is 4.39 Å². The van der Waals surface area contributed by atoms with Gasteiger partial charge in [-0.05, 0) is 31.5 Å². The smallest absolute Gasteiger partial charge is 0.198 e. The van der Waals surface area contributed by atoms with Crippen molar-refractivity contribution in [2.45, 2.75) is 83.4 Å². The molecule has 46 heavy (non-hydrogen) atoms. The Labute approximate surface area is 271 Å². The molecule has 2 aliphatic carbocycles. The van der Waals surface area contributed by atoms with Gasteiger partial charge in [0, 0.05) is 47.6 Å². The van der Waals surface area contributed by atoms with Crippen LogP contribution in [-0.4, -0.2) is 62.8 Å². The summed E-state index contributed by atoms with van der Waals surface area (Å²) in [4.78, 5) is 39.6. The maximum atomic E-state index is 13.5. The Balaban J connectivity index is 0.00000240. The van der Waals surface area contributed by atoms with E-state index in [2.05, 4.69) is 0 Å². The van der Waals surface area contributed by atoms with Crippen LogP contribution >= 0.6 is 12.4 Å². The quantitative estimate of drug-likeness (QED) is 0.218. The van der Waals surface area contributed by atoms with E-state index in [9.17, 15) is 34.1 Å². The molecular weight excluding hydrogens is 621 g/mol. The van der Waals surface area contributed by atoms with E-state index in [0.29, 0.717) is 0 Å². The number of Topliss-reactive ketones (excluding diaryl/α,β-unsaturated/α-hetero) is 1. The molecule has 246 valence electrons. The van der Waals surface area contributed by atoms with Gasteiger partial charge < -0.3 is 35.3 Å². The number of rotatable bonds is 6. The predicted molar refractivity (Wildman–Crippen MR) is 167 cm³/mol. The van der Waals surface area contributed by atoms with Crippen molar-refractivity contribution in [1.82, 2.24) is 0 Å². The van der Waals surface area contributed by atoms with Crippen LogP contribution in [-0.2, 0) is 32.0 Å². The van der Waals surface area contributed by atoms with Crippen LogP contribution in [0.15, 0.2) is 48.5 Å². The molecule has 6 rings (SSSR count). The highest BCUT2D eigenvalue weighted by Gasteiger charge is 2.49. The van der Waals surface area contributed by atoms with E-state index in [1.54, 1.807) is 31.2 Å². The van der Waals surface area contributed by atoms with Crippen molar-refractivity contribution in [2.24, 2.45) is 5.73 Å². The summed E-state index contributed by atoms with van der Waals surface area (Å²) in [6.45, 7) is 3.11. The van der Waals surface area contributed by atoms with Gasteiger partial charge in [-0.1, -0.05) is 43.8 Å². The third-order valence-corrected chi connectivity index (χ3v) is 8.82. The first-order valence-electron chi connectivity index (χ1n) is 14.3. The molecule has 0 spiro atoms. The fourth-order valence-corrected chi connectivity index (χ4v) is 6.45. The van der Waals surface area contributed by atoms with Crippen LogP contribution < -0.4 is 5.73 Å². The van der Waals surface area contributed by atoms with E-state index < -0.39 is 71.5 Å². The Bertz CT molecular complexity index is 1670. The van der Waals surface area contributed by atoms with Gasteiger partial charge >= 0.3 is 0 Å². The van der Waals surface area contributed by atoms with Gasteiger partial charge in [0.25, 0.3) is 0 Å². The van der Waals surface area contributed by atoms with Crippen LogP contribution in [0.1, 0.15) is 88.8 Å². The van der Waals surface area contributed by atoms with Crippen LogP contribution in [0.5, 0.6) is 11.5 Å². The van der Waals surface area contributed by atoms with E-state index in [-0.39, 0.29) is 78.5 Å². The first-order valence-corrected chi connectivity index (χ1v) is 14.3. The fourth-order valence-electron chi connectivity index (χ4n) is 6.45. The second-order valence-corrected chi connectivity index (χ2v) is 11.7. The molecule has 12 heteroatoms. The molecule has 10 nitrogen and oxygen atoms in total. The van der Waals surface area contributed by atoms with Gasteiger partial charge in [0.1, 0.15) is 22.9 Å². The lowest BCUT2D eigenvalue weighted by molar-refractivity contribution is -0.254. The molecule has 0 bridgehead atoms. The molecule has 0 radical (unpaired) electrons.